The Bertz CT molecular complexity index is 1050. The summed E-state index contributed by atoms with van der Waals surface area (Å²) >= 11 is 3.62. The van der Waals surface area contributed by atoms with Gasteiger partial charge in [-0.1, -0.05) is 0 Å². The molecular formula is C22H24N6S2. The van der Waals surface area contributed by atoms with E-state index in [-0.39, 0.29) is 0 Å². The quantitative estimate of drug-likeness (QED) is 0.351. The van der Waals surface area contributed by atoms with Crippen LogP contribution in [0.25, 0.3) is 30.9 Å². The third kappa shape index (κ3) is 3.43. The Morgan fingerprint density at radius 1 is 0.667 bits per heavy atom. The van der Waals surface area contributed by atoms with Crippen LogP contribution in [0.1, 0.15) is 49.4 Å². The summed E-state index contributed by atoms with van der Waals surface area (Å²) in [7, 11) is 0. The molecule has 0 radical (unpaired) electrons. The highest BCUT2D eigenvalue weighted by molar-refractivity contribution is 7.25. The lowest BCUT2D eigenvalue weighted by Crippen LogP contribution is -2.14. The van der Waals surface area contributed by atoms with Crippen molar-refractivity contribution in [3.05, 3.63) is 48.3 Å². The standard InChI is InChI=1S/C22H24N6S2/c1-3-13(23-9-1)21-25-11-15(27-21)17-5-7-19(29-17)20-8-6-18(30-20)16-12-26-22(28-16)14-4-2-10-24-14/h5-8,11-14,23-24H,1-4,9-10H2,(H,25,27)(H,26,28)/t13-,14-/m1/s1. The van der Waals surface area contributed by atoms with Gasteiger partial charge in [-0.2, -0.15) is 0 Å². The minimum absolute atomic E-state index is 0.372. The topological polar surface area (TPSA) is 81.4 Å². The second-order valence-corrected chi connectivity index (χ2v) is 10.2. The Balaban J connectivity index is 1.21. The van der Waals surface area contributed by atoms with Gasteiger partial charge >= 0.3 is 0 Å². The largest absolute Gasteiger partial charge is 0.340 e. The van der Waals surface area contributed by atoms with Crippen LogP contribution in [-0.2, 0) is 0 Å². The van der Waals surface area contributed by atoms with Crippen molar-refractivity contribution < 1.29 is 0 Å². The molecule has 4 N–H and O–H groups in total. The molecule has 2 atom stereocenters. The Morgan fingerprint density at radius 2 is 1.13 bits per heavy atom. The van der Waals surface area contributed by atoms with E-state index >= 15 is 0 Å². The minimum atomic E-state index is 0.372. The monoisotopic (exact) mass is 436 g/mol. The molecule has 8 heteroatoms. The lowest BCUT2D eigenvalue weighted by atomic mass is 10.2. The van der Waals surface area contributed by atoms with Crippen LogP contribution in [-0.4, -0.2) is 33.0 Å². The number of nitrogens with zero attached hydrogens (tertiary/aromatic N) is 2. The molecule has 2 aliphatic heterocycles. The summed E-state index contributed by atoms with van der Waals surface area (Å²) in [5, 5.41) is 7.01. The van der Waals surface area contributed by atoms with E-state index < -0.39 is 0 Å². The Hall–Kier alpha value is -2.26. The molecule has 0 aliphatic carbocycles. The Kier molecular flexibility index (Phi) is 4.79. The van der Waals surface area contributed by atoms with E-state index in [1.165, 1.54) is 32.4 Å². The van der Waals surface area contributed by atoms with Crippen molar-refractivity contribution in [2.24, 2.45) is 0 Å². The zero-order valence-corrected chi connectivity index (χ0v) is 18.2. The first-order valence-electron chi connectivity index (χ1n) is 10.6. The lowest BCUT2D eigenvalue weighted by molar-refractivity contribution is 0.613. The minimum Gasteiger partial charge on any atom is -0.340 e. The van der Waals surface area contributed by atoms with E-state index in [0.29, 0.717) is 12.1 Å². The van der Waals surface area contributed by atoms with Crippen molar-refractivity contribution in [3.63, 3.8) is 0 Å². The number of hydrogen-bond donors (Lipinski definition) is 4. The summed E-state index contributed by atoms with van der Waals surface area (Å²) in [5.74, 6) is 2.12. The van der Waals surface area contributed by atoms with Gasteiger partial charge in [-0.05, 0) is 63.0 Å². The van der Waals surface area contributed by atoms with Gasteiger partial charge in [0.1, 0.15) is 11.6 Å². The average Bonchev–Trinajstić information content (AvgIpc) is 3.62. The Morgan fingerprint density at radius 3 is 1.57 bits per heavy atom. The van der Waals surface area contributed by atoms with E-state index in [9.17, 15) is 0 Å². The van der Waals surface area contributed by atoms with Gasteiger partial charge in [-0.3, -0.25) is 0 Å². The van der Waals surface area contributed by atoms with Gasteiger partial charge < -0.3 is 20.6 Å². The smallest absolute Gasteiger partial charge is 0.123 e. The molecule has 0 aromatic carbocycles. The summed E-state index contributed by atoms with van der Waals surface area (Å²) < 4.78 is 0. The Labute approximate surface area is 183 Å². The maximum absolute atomic E-state index is 4.61. The third-order valence-corrected chi connectivity index (χ3v) is 8.39. The van der Waals surface area contributed by atoms with Crippen LogP contribution in [0.15, 0.2) is 36.7 Å². The number of aromatic nitrogens is 4. The maximum atomic E-state index is 4.61. The zero-order chi connectivity index (χ0) is 19.9. The van der Waals surface area contributed by atoms with Crippen molar-refractivity contribution in [2.75, 3.05) is 13.1 Å². The van der Waals surface area contributed by atoms with Gasteiger partial charge in [0.15, 0.2) is 0 Å². The van der Waals surface area contributed by atoms with Crippen molar-refractivity contribution >= 4 is 22.7 Å². The first kappa shape index (κ1) is 18.5. The molecule has 2 saturated heterocycles. The molecule has 4 aromatic rings. The number of nitrogens with one attached hydrogen (secondary N) is 4. The first-order valence-corrected chi connectivity index (χ1v) is 12.2. The van der Waals surface area contributed by atoms with E-state index in [1.54, 1.807) is 0 Å². The van der Waals surface area contributed by atoms with Gasteiger partial charge in [-0.15, -0.1) is 22.7 Å². The summed E-state index contributed by atoms with van der Waals surface area (Å²) in [6.45, 7) is 2.17. The van der Waals surface area contributed by atoms with Gasteiger partial charge in [0.2, 0.25) is 0 Å². The molecule has 6 rings (SSSR count). The lowest BCUT2D eigenvalue weighted by Gasteiger charge is -2.05. The summed E-state index contributed by atoms with van der Waals surface area (Å²) in [5.41, 5.74) is 2.21. The molecule has 2 aliphatic rings. The second-order valence-electron chi connectivity index (χ2n) is 7.99. The molecular weight excluding hydrogens is 412 g/mol. The highest BCUT2D eigenvalue weighted by Crippen LogP contribution is 2.40. The van der Waals surface area contributed by atoms with E-state index in [2.05, 4.69) is 54.8 Å². The summed E-state index contributed by atoms with van der Waals surface area (Å²) in [6.07, 6.45) is 8.69. The van der Waals surface area contributed by atoms with Crippen LogP contribution < -0.4 is 10.6 Å². The van der Waals surface area contributed by atoms with Crippen LogP contribution >= 0.6 is 22.7 Å². The average molecular weight is 437 g/mol. The number of hydrogen-bond acceptors (Lipinski definition) is 6. The van der Waals surface area contributed by atoms with Crippen LogP contribution in [0, 0.1) is 0 Å². The number of aromatic amines is 2. The number of H-pyrrole nitrogens is 2. The highest BCUT2D eigenvalue weighted by atomic mass is 32.1. The highest BCUT2D eigenvalue weighted by Gasteiger charge is 2.21. The molecule has 2 fully saturated rings. The van der Waals surface area contributed by atoms with Crippen LogP contribution in [0.3, 0.4) is 0 Å². The fraction of sp³-hybridized carbons (Fsp3) is 0.364. The molecule has 0 bridgehead atoms. The fourth-order valence-corrected chi connectivity index (χ4v) is 6.38. The molecule has 6 nitrogen and oxygen atoms in total. The SMILES string of the molecule is c1nc([C@H]2CCCN2)[nH]c1-c1ccc(-c2ccc(-c3cnc([C@H]4CCCN4)[nH]3)s2)s1. The van der Waals surface area contributed by atoms with Gasteiger partial charge in [0, 0.05) is 9.75 Å². The van der Waals surface area contributed by atoms with Gasteiger partial charge in [-0.25, -0.2) is 9.97 Å². The van der Waals surface area contributed by atoms with Crippen molar-refractivity contribution in [3.8, 4) is 30.9 Å². The molecule has 30 heavy (non-hydrogen) atoms. The zero-order valence-electron chi connectivity index (χ0n) is 16.6. The van der Waals surface area contributed by atoms with Crippen molar-refractivity contribution in [1.29, 1.82) is 0 Å². The molecule has 4 aromatic heterocycles. The van der Waals surface area contributed by atoms with E-state index in [1.807, 2.05) is 35.1 Å². The molecule has 0 amide bonds. The predicted octanol–water partition coefficient (Wildman–Crippen LogP) is 5.11. The van der Waals surface area contributed by atoms with Gasteiger partial charge in [0.25, 0.3) is 0 Å². The third-order valence-electron chi connectivity index (χ3n) is 5.96. The second kappa shape index (κ2) is 7.77. The number of rotatable bonds is 5. The normalized spacial score (nSPS) is 21.6. The summed E-state index contributed by atoms with van der Waals surface area (Å²) in [4.78, 5) is 21.3. The number of thiophene rings is 2. The molecule has 0 saturated carbocycles. The van der Waals surface area contributed by atoms with Crippen molar-refractivity contribution in [2.45, 2.75) is 37.8 Å². The molecule has 6 heterocycles. The van der Waals surface area contributed by atoms with Crippen molar-refractivity contribution in [1.82, 2.24) is 30.6 Å². The summed E-state index contributed by atoms with van der Waals surface area (Å²) in [6, 6.07) is 9.56. The molecule has 154 valence electrons. The van der Waals surface area contributed by atoms with Crippen LogP contribution in [0.4, 0.5) is 0 Å². The van der Waals surface area contributed by atoms with Crippen LogP contribution in [0.2, 0.25) is 0 Å². The first-order chi connectivity index (χ1) is 14.8. The predicted molar refractivity (Wildman–Crippen MR) is 123 cm³/mol. The van der Waals surface area contributed by atoms with Gasteiger partial charge in [0.05, 0.1) is 45.6 Å². The number of imidazole rings is 2. The maximum Gasteiger partial charge on any atom is 0.123 e. The fourth-order valence-electron chi connectivity index (χ4n) is 4.34. The van der Waals surface area contributed by atoms with E-state index in [4.69, 9.17) is 0 Å². The molecule has 0 unspecified atom stereocenters. The van der Waals surface area contributed by atoms with E-state index in [0.717, 1.165) is 49.0 Å². The molecule has 0 spiro atoms. The van der Waals surface area contributed by atoms with Crippen LogP contribution in [0.5, 0.6) is 0 Å².